The molecule has 2 aromatic rings. The number of hydrogen-bond acceptors (Lipinski definition) is 6. The number of furan rings is 2. The van der Waals surface area contributed by atoms with Crippen LogP contribution in [-0.2, 0) is 16.1 Å². The van der Waals surface area contributed by atoms with Crippen LogP contribution in [0.2, 0.25) is 0 Å². The Morgan fingerprint density at radius 2 is 2.15 bits per heavy atom. The van der Waals surface area contributed by atoms with E-state index in [9.17, 15) is 14.4 Å². The normalized spacial score (nSPS) is 16.8. The van der Waals surface area contributed by atoms with E-state index in [1.807, 2.05) is 0 Å². The molecule has 1 aliphatic heterocycles. The highest BCUT2D eigenvalue weighted by molar-refractivity contribution is 5.95. The monoisotopic (exact) mass is 374 g/mol. The fourth-order valence-electron chi connectivity index (χ4n) is 3.22. The molecule has 3 rings (SSSR count). The summed E-state index contributed by atoms with van der Waals surface area (Å²) in [4.78, 5) is 38.4. The summed E-state index contributed by atoms with van der Waals surface area (Å²) in [5.41, 5.74) is 0.328. The van der Waals surface area contributed by atoms with Gasteiger partial charge in [-0.2, -0.15) is 0 Å². The number of piperidine rings is 1. The summed E-state index contributed by atoms with van der Waals surface area (Å²) in [6, 6.07) is 4.22. The summed E-state index contributed by atoms with van der Waals surface area (Å²) in [5, 5.41) is 2.79. The van der Waals surface area contributed by atoms with Crippen LogP contribution in [0.1, 0.15) is 51.7 Å². The molecule has 144 valence electrons. The number of nitrogens with zero attached hydrogens (tertiary/aromatic N) is 1. The zero-order valence-electron chi connectivity index (χ0n) is 15.3. The Hall–Kier alpha value is -3.03. The molecule has 8 nitrogen and oxygen atoms in total. The van der Waals surface area contributed by atoms with Gasteiger partial charge in [0.15, 0.2) is 5.76 Å². The van der Waals surface area contributed by atoms with Crippen LogP contribution in [0.5, 0.6) is 0 Å². The summed E-state index contributed by atoms with van der Waals surface area (Å²) < 4.78 is 15.4. The first-order valence-corrected chi connectivity index (χ1v) is 8.81. The predicted molar refractivity (Wildman–Crippen MR) is 94.0 cm³/mol. The third-order valence-corrected chi connectivity index (χ3v) is 4.61. The maximum atomic E-state index is 12.7. The van der Waals surface area contributed by atoms with Crippen molar-refractivity contribution in [1.29, 1.82) is 0 Å². The Bertz CT molecular complexity index is 823. The molecule has 0 saturated carbocycles. The zero-order chi connectivity index (χ0) is 19.4. The Morgan fingerprint density at radius 3 is 2.85 bits per heavy atom. The van der Waals surface area contributed by atoms with Gasteiger partial charge in [0.1, 0.15) is 23.1 Å². The molecular formula is C19H22N2O6. The minimum Gasteiger partial charge on any atom is -0.465 e. The summed E-state index contributed by atoms with van der Waals surface area (Å²) >= 11 is 0. The van der Waals surface area contributed by atoms with Crippen molar-refractivity contribution in [2.24, 2.45) is 0 Å². The number of carbonyl (C=O) groups is 3. The lowest BCUT2D eigenvalue weighted by molar-refractivity contribution is -0.126. The van der Waals surface area contributed by atoms with Gasteiger partial charge in [-0.3, -0.25) is 9.59 Å². The van der Waals surface area contributed by atoms with Crippen molar-refractivity contribution in [3.8, 4) is 0 Å². The number of aryl methyl sites for hydroxylation is 1. The lowest BCUT2D eigenvalue weighted by Crippen LogP contribution is -2.51. The minimum atomic E-state index is -0.563. The number of nitrogens with one attached hydrogen (secondary N) is 1. The van der Waals surface area contributed by atoms with E-state index in [-0.39, 0.29) is 24.1 Å². The fraction of sp³-hybridized carbons (Fsp3) is 0.421. The van der Waals surface area contributed by atoms with Crippen molar-refractivity contribution >= 4 is 17.8 Å². The third-order valence-electron chi connectivity index (χ3n) is 4.61. The number of esters is 1. The van der Waals surface area contributed by atoms with Crippen LogP contribution in [0.3, 0.4) is 0 Å². The van der Waals surface area contributed by atoms with E-state index in [1.165, 1.54) is 13.4 Å². The van der Waals surface area contributed by atoms with Crippen LogP contribution in [0.15, 0.2) is 33.3 Å². The summed E-state index contributed by atoms with van der Waals surface area (Å²) in [6.45, 7) is 2.28. The van der Waals surface area contributed by atoms with Crippen LogP contribution >= 0.6 is 0 Å². The average molecular weight is 374 g/mol. The van der Waals surface area contributed by atoms with Crippen LogP contribution < -0.4 is 5.32 Å². The maximum Gasteiger partial charge on any atom is 0.341 e. The first-order chi connectivity index (χ1) is 13.0. The SMILES string of the molecule is COC(=O)c1cc(CNC(=O)C2CCCCN2C(=O)c2ccco2)oc1C. The number of methoxy groups -OCH3 is 1. The molecule has 3 heterocycles. The molecule has 1 atom stereocenters. The Kier molecular flexibility index (Phi) is 5.63. The van der Waals surface area contributed by atoms with E-state index in [4.69, 9.17) is 8.83 Å². The van der Waals surface area contributed by atoms with Crippen LogP contribution in [0, 0.1) is 6.92 Å². The lowest BCUT2D eigenvalue weighted by Gasteiger charge is -2.34. The van der Waals surface area contributed by atoms with Gasteiger partial charge in [-0.25, -0.2) is 4.79 Å². The minimum absolute atomic E-state index is 0.121. The second-order valence-corrected chi connectivity index (χ2v) is 6.38. The Morgan fingerprint density at radius 1 is 1.33 bits per heavy atom. The second-order valence-electron chi connectivity index (χ2n) is 6.38. The summed E-state index contributed by atoms with van der Waals surface area (Å²) in [7, 11) is 1.30. The lowest BCUT2D eigenvalue weighted by atomic mass is 10.0. The van der Waals surface area contributed by atoms with E-state index in [0.29, 0.717) is 30.0 Å². The van der Waals surface area contributed by atoms with Crippen molar-refractivity contribution in [2.45, 2.75) is 38.8 Å². The predicted octanol–water partition coefficient (Wildman–Crippen LogP) is 2.28. The zero-order valence-corrected chi connectivity index (χ0v) is 15.3. The van der Waals surface area contributed by atoms with Gasteiger partial charge in [0, 0.05) is 6.54 Å². The third kappa shape index (κ3) is 4.05. The van der Waals surface area contributed by atoms with Gasteiger partial charge in [0.05, 0.1) is 19.9 Å². The van der Waals surface area contributed by atoms with Crippen LogP contribution in [0.4, 0.5) is 0 Å². The topological polar surface area (TPSA) is 102 Å². The number of ether oxygens (including phenoxy) is 1. The summed E-state index contributed by atoms with van der Waals surface area (Å²) in [6.07, 6.45) is 3.73. The van der Waals surface area contributed by atoms with Crippen molar-refractivity contribution < 1.29 is 28.0 Å². The van der Waals surface area contributed by atoms with E-state index >= 15 is 0 Å². The van der Waals surface area contributed by atoms with Gasteiger partial charge < -0.3 is 23.8 Å². The van der Waals surface area contributed by atoms with Crippen molar-refractivity contribution in [1.82, 2.24) is 10.2 Å². The van der Waals surface area contributed by atoms with Crippen molar-refractivity contribution in [3.63, 3.8) is 0 Å². The highest BCUT2D eigenvalue weighted by Crippen LogP contribution is 2.21. The standard InChI is InChI=1S/C19H22N2O6/c1-12-14(19(24)25-2)10-13(27-12)11-20-17(22)15-6-3-4-8-21(15)18(23)16-7-5-9-26-16/h5,7,9-10,15H,3-4,6,8,11H2,1-2H3,(H,20,22). The van der Waals surface area contributed by atoms with Gasteiger partial charge in [0.25, 0.3) is 5.91 Å². The van der Waals surface area contributed by atoms with Crippen molar-refractivity contribution in [3.05, 3.63) is 47.3 Å². The van der Waals surface area contributed by atoms with E-state index < -0.39 is 12.0 Å². The van der Waals surface area contributed by atoms with Gasteiger partial charge >= 0.3 is 5.97 Å². The van der Waals surface area contributed by atoms with E-state index in [2.05, 4.69) is 10.1 Å². The number of hydrogen-bond donors (Lipinski definition) is 1. The number of likely N-dealkylation sites (tertiary alicyclic amines) is 1. The molecule has 27 heavy (non-hydrogen) atoms. The first kappa shape index (κ1) is 18.8. The largest absolute Gasteiger partial charge is 0.465 e. The summed E-state index contributed by atoms with van der Waals surface area (Å²) in [5.74, 6) is 0.0553. The van der Waals surface area contributed by atoms with E-state index in [0.717, 1.165) is 12.8 Å². The highest BCUT2D eigenvalue weighted by Gasteiger charge is 2.33. The molecule has 2 aromatic heterocycles. The quantitative estimate of drug-likeness (QED) is 0.806. The average Bonchev–Trinajstić information content (AvgIpc) is 3.35. The number of carbonyl (C=O) groups excluding carboxylic acids is 3. The van der Waals surface area contributed by atoms with Gasteiger partial charge in [-0.1, -0.05) is 0 Å². The molecule has 0 aliphatic carbocycles. The molecule has 0 radical (unpaired) electrons. The Balaban J connectivity index is 1.65. The molecule has 0 spiro atoms. The molecule has 1 aliphatic rings. The smallest absolute Gasteiger partial charge is 0.341 e. The second kappa shape index (κ2) is 8.11. The highest BCUT2D eigenvalue weighted by atomic mass is 16.5. The molecule has 8 heteroatoms. The molecule has 1 unspecified atom stereocenters. The van der Waals surface area contributed by atoms with Gasteiger partial charge in [-0.15, -0.1) is 0 Å². The maximum absolute atomic E-state index is 12.7. The van der Waals surface area contributed by atoms with Crippen LogP contribution in [0.25, 0.3) is 0 Å². The first-order valence-electron chi connectivity index (χ1n) is 8.81. The fourth-order valence-corrected chi connectivity index (χ4v) is 3.22. The molecule has 1 N–H and O–H groups in total. The molecule has 0 aromatic carbocycles. The Labute approximate surface area is 156 Å². The van der Waals surface area contributed by atoms with E-state index in [1.54, 1.807) is 30.0 Å². The number of amides is 2. The molecule has 1 fully saturated rings. The number of rotatable bonds is 5. The van der Waals surface area contributed by atoms with Gasteiger partial charge in [0.2, 0.25) is 5.91 Å². The van der Waals surface area contributed by atoms with Crippen LogP contribution in [-0.4, -0.2) is 42.4 Å². The van der Waals surface area contributed by atoms with Gasteiger partial charge in [-0.05, 0) is 44.4 Å². The van der Waals surface area contributed by atoms with Crippen molar-refractivity contribution in [2.75, 3.05) is 13.7 Å². The molecule has 1 saturated heterocycles. The molecule has 2 amide bonds. The molecular weight excluding hydrogens is 352 g/mol. The molecule has 0 bridgehead atoms.